The van der Waals surface area contributed by atoms with Crippen LogP contribution in [0.15, 0.2) is 49.1 Å². The summed E-state index contributed by atoms with van der Waals surface area (Å²) in [5.74, 6) is 0.299. The SMILES string of the molecule is C=CCNC(=O)c1cc(C)nc(N(CC)c2ccccc2)n1. The van der Waals surface area contributed by atoms with Gasteiger partial charge in [-0.25, -0.2) is 9.97 Å². The third-order valence-corrected chi connectivity index (χ3v) is 3.11. The minimum absolute atomic E-state index is 0.226. The molecular weight excluding hydrogens is 276 g/mol. The van der Waals surface area contributed by atoms with Crippen LogP contribution in [0.1, 0.15) is 23.1 Å². The number of carbonyl (C=O) groups excluding carboxylic acids is 1. The highest BCUT2D eigenvalue weighted by atomic mass is 16.1. The van der Waals surface area contributed by atoms with Crippen molar-refractivity contribution in [2.24, 2.45) is 0 Å². The number of aryl methyl sites for hydroxylation is 1. The molecule has 0 saturated carbocycles. The molecule has 0 unspecified atom stereocenters. The minimum Gasteiger partial charge on any atom is -0.347 e. The van der Waals surface area contributed by atoms with E-state index in [2.05, 4.69) is 21.9 Å². The standard InChI is InChI=1S/C17H20N4O/c1-4-11-18-16(22)15-12-13(3)19-17(20-15)21(5-2)14-9-7-6-8-10-14/h4,6-10,12H,1,5,11H2,2-3H3,(H,18,22). The van der Waals surface area contributed by atoms with Crippen molar-refractivity contribution in [1.82, 2.24) is 15.3 Å². The lowest BCUT2D eigenvalue weighted by atomic mass is 10.3. The lowest BCUT2D eigenvalue weighted by molar-refractivity contribution is 0.0953. The normalized spacial score (nSPS) is 10.1. The molecule has 1 aromatic heterocycles. The van der Waals surface area contributed by atoms with Crippen molar-refractivity contribution in [1.29, 1.82) is 0 Å². The average Bonchev–Trinajstić information content (AvgIpc) is 2.54. The molecule has 0 radical (unpaired) electrons. The minimum atomic E-state index is -0.226. The van der Waals surface area contributed by atoms with Crippen molar-refractivity contribution in [3.05, 3.63) is 60.4 Å². The Bertz CT molecular complexity index is 655. The number of hydrogen-bond donors (Lipinski definition) is 1. The Balaban J connectivity index is 2.36. The topological polar surface area (TPSA) is 58.1 Å². The number of anilines is 2. The second kappa shape index (κ2) is 7.36. The Kier molecular flexibility index (Phi) is 5.25. The van der Waals surface area contributed by atoms with Gasteiger partial charge in [-0.1, -0.05) is 24.3 Å². The molecule has 0 bridgehead atoms. The third-order valence-electron chi connectivity index (χ3n) is 3.11. The van der Waals surface area contributed by atoms with Crippen LogP contribution in [-0.4, -0.2) is 29.0 Å². The Hall–Kier alpha value is -2.69. The maximum atomic E-state index is 12.1. The summed E-state index contributed by atoms with van der Waals surface area (Å²) in [6.45, 7) is 8.59. The monoisotopic (exact) mass is 296 g/mol. The number of hydrogen-bond acceptors (Lipinski definition) is 4. The smallest absolute Gasteiger partial charge is 0.270 e. The Morgan fingerprint density at radius 1 is 1.32 bits per heavy atom. The van der Waals surface area contributed by atoms with Gasteiger partial charge in [-0.2, -0.15) is 0 Å². The maximum Gasteiger partial charge on any atom is 0.270 e. The van der Waals surface area contributed by atoms with Crippen LogP contribution in [0.4, 0.5) is 11.6 Å². The van der Waals surface area contributed by atoms with Crippen LogP contribution in [0.25, 0.3) is 0 Å². The highest BCUT2D eigenvalue weighted by Crippen LogP contribution is 2.21. The lowest BCUT2D eigenvalue weighted by Crippen LogP contribution is -2.26. The van der Waals surface area contributed by atoms with E-state index >= 15 is 0 Å². The van der Waals surface area contributed by atoms with Crippen LogP contribution in [0.2, 0.25) is 0 Å². The van der Waals surface area contributed by atoms with Gasteiger partial charge in [-0.05, 0) is 32.0 Å². The van der Waals surface area contributed by atoms with E-state index in [4.69, 9.17) is 0 Å². The molecule has 5 nitrogen and oxygen atoms in total. The molecule has 22 heavy (non-hydrogen) atoms. The molecule has 2 rings (SSSR count). The maximum absolute atomic E-state index is 12.1. The number of aromatic nitrogens is 2. The second-order valence-electron chi connectivity index (χ2n) is 4.77. The van der Waals surface area contributed by atoms with Gasteiger partial charge in [0.2, 0.25) is 5.95 Å². The molecule has 0 aliphatic carbocycles. The summed E-state index contributed by atoms with van der Waals surface area (Å²) < 4.78 is 0. The van der Waals surface area contributed by atoms with Crippen molar-refractivity contribution >= 4 is 17.5 Å². The van der Waals surface area contributed by atoms with Crippen molar-refractivity contribution in [2.45, 2.75) is 13.8 Å². The molecule has 1 aromatic carbocycles. The molecular formula is C17H20N4O. The fourth-order valence-electron chi connectivity index (χ4n) is 2.09. The van der Waals surface area contributed by atoms with Crippen LogP contribution in [0.5, 0.6) is 0 Å². The lowest BCUT2D eigenvalue weighted by Gasteiger charge is -2.21. The molecule has 1 heterocycles. The predicted molar refractivity (Wildman–Crippen MR) is 88.4 cm³/mol. The first-order valence-corrected chi connectivity index (χ1v) is 7.23. The molecule has 1 N–H and O–H groups in total. The molecule has 0 aliphatic heterocycles. The van der Waals surface area contributed by atoms with E-state index < -0.39 is 0 Å². The zero-order chi connectivity index (χ0) is 15.9. The summed E-state index contributed by atoms with van der Waals surface area (Å²) in [7, 11) is 0. The predicted octanol–water partition coefficient (Wildman–Crippen LogP) is 2.86. The van der Waals surface area contributed by atoms with Gasteiger partial charge in [0.1, 0.15) is 5.69 Å². The summed E-state index contributed by atoms with van der Waals surface area (Å²) in [5, 5.41) is 2.73. The number of nitrogens with zero attached hydrogens (tertiary/aromatic N) is 3. The van der Waals surface area contributed by atoms with E-state index in [1.54, 1.807) is 12.1 Å². The molecule has 0 spiro atoms. The fourth-order valence-corrected chi connectivity index (χ4v) is 2.09. The van der Waals surface area contributed by atoms with Crippen LogP contribution in [-0.2, 0) is 0 Å². The first kappa shape index (κ1) is 15.7. The van der Waals surface area contributed by atoms with E-state index in [9.17, 15) is 4.79 Å². The van der Waals surface area contributed by atoms with Gasteiger partial charge >= 0.3 is 0 Å². The van der Waals surface area contributed by atoms with Gasteiger partial charge < -0.3 is 10.2 Å². The zero-order valence-corrected chi connectivity index (χ0v) is 12.9. The molecule has 5 heteroatoms. The second-order valence-corrected chi connectivity index (χ2v) is 4.77. The Morgan fingerprint density at radius 2 is 2.05 bits per heavy atom. The first-order valence-electron chi connectivity index (χ1n) is 7.23. The highest BCUT2D eigenvalue weighted by Gasteiger charge is 2.15. The fraction of sp³-hybridized carbons (Fsp3) is 0.235. The van der Waals surface area contributed by atoms with Crippen LogP contribution >= 0.6 is 0 Å². The summed E-state index contributed by atoms with van der Waals surface area (Å²) in [5.41, 5.74) is 2.11. The molecule has 114 valence electrons. The van der Waals surface area contributed by atoms with E-state index in [0.29, 0.717) is 24.7 Å². The van der Waals surface area contributed by atoms with Crippen molar-refractivity contribution in [3.63, 3.8) is 0 Å². The molecule has 2 aromatic rings. The van der Waals surface area contributed by atoms with Crippen LogP contribution in [0, 0.1) is 6.92 Å². The summed E-state index contributed by atoms with van der Waals surface area (Å²) in [4.78, 5) is 22.9. The van der Waals surface area contributed by atoms with E-state index in [0.717, 1.165) is 11.4 Å². The zero-order valence-electron chi connectivity index (χ0n) is 12.9. The summed E-state index contributed by atoms with van der Waals surface area (Å²) in [6, 6.07) is 11.6. The van der Waals surface area contributed by atoms with E-state index in [-0.39, 0.29) is 5.91 Å². The van der Waals surface area contributed by atoms with Crippen LogP contribution in [0.3, 0.4) is 0 Å². The van der Waals surface area contributed by atoms with Crippen molar-refractivity contribution in [3.8, 4) is 0 Å². The van der Waals surface area contributed by atoms with Crippen molar-refractivity contribution < 1.29 is 4.79 Å². The summed E-state index contributed by atoms with van der Waals surface area (Å²) >= 11 is 0. The van der Waals surface area contributed by atoms with Gasteiger partial charge in [0, 0.05) is 24.5 Å². The van der Waals surface area contributed by atoms with Gasteiger partial charge in [-0.15, -0.1) is 6.58 Å². The molecule has 1 amide bonds. The van der Waals surface area contributed by atoms with Gasteiger partial charge in [0.05, 0.1) is 0 Å². The largest absolute Gasteiger partial charge is 0.347 e. The molecule has 0 fully saturated rings. The summed E-state index contributed by atoms with van der Waals surface area (Å²) in [6.07, 6.45) is 1.63. The highest BCUT2D eigenvalue weighted by molar-refractivity contribution is 5.92. The van der Waals surface area contributed by atoms with Gasteiger partial charge in [0.25, 0.3) is 5.91 Å². The molecule has 0 atom stereocenters. The Labute approximate surface area is 130 Å². The number of benzene rings is 1. The quantitative estimate of drug-likeness (QED) is 0.833. The van der Waals surface area contributed by atoms with Gasteiger partial charge in [0.15, 0.2) is 0 Å². The molecule has 0 aliphatic rings. The van der Waals surface area contributed by atoms with E-state index in [1.165, 1.54) is 0 Å². The molecule has 0 saturated heterocycles. The number of carbonyl (C=O) groups is 1. The van der Waals surface area contributed by atoms with Crippen molar-refractivity contribution in [2.75, 3.05) is 18.0 Å². The Morgan fingerprint density at radius 3 is 2.68 bits per heavy atom. The number of nitrogens with one attached hydrogen (secondary N) is 1. The number of rotatable bonds is 6. The third kappa shape index (κ3) is 3.69. The van der Waals surface area contributed by atoms with E-state index in [1.807, 2.05) is 49.1 Å². The first-order chi connectivity index (χ1) is 10.7. The average molecular weight is 296 g/mol. The number of amides is 1. The number of para-hydroxylation sites is 1. The van der Waals surface area contributed by atoms with Gasteiger partial charge in [-0.3, -0.25) is 4.79 Å². The van der Waals surface area contributed by atoms with Crippen LogP contribution < -0.4 is 10.2 Å².